The monoisotopic (exact) mass is 337 g/mol. The number of furan rings is 1. The van der Waals surface area contributed by atoms with Crippen LogP contribution < -0.4 is 5.56 Å². The van der Waals surface area contributed by atoms with Crippen molar-refractivity contribution in [3.05, 3.63) is 40.0 Å². The van der Waals surface area contributed by atoms with Gasteiger partial charge in [0.05, 0.1) is 17.4 Å². The van der Waals surface area contributed by atoms with Gasteiger partial charge in [0.1, 0.15) is 5.02 Å². The number of hydrogen-bond donors (Lipinski definition) is 0. The Kier molecular flexibility index (Phi) is 4.04. The van der Waals surface area contributed by atoms with E-state index >= 15 is 0 Å². The van der Waals surface area contributed by atoms with Crippen molar-refractivity contribution in [3.8, 4) is 11.6 Å². The lowest BCUT2D eigenvalue weighted by atomic mass is 10.4. The number of halogens is 1. The van der Waals surface area contributed by atoms with E-state index in [9.17, 15) is 4.79 Å². The molecule has 3 heterocycles. The van der Waals surface area contributed by atoms with Gasteiger partial charge in [0.25, 0.3) is 5.56 Å². The lowest BCUT2D eigenvalue weighted by molar-refractivity contribution is 0.567. The molecule has 0 aliphatic carbocycles. The third-order valence-corrected chi connectivity index (χ3v) is 4.51. The van der Waals surface area contributed by atoms with Crippen molar-refractivity contribution in [3.63, 3.8) is 0 Å². The van der Waals surface area contributed by atoms with Gasteiger partial charge in [0.2, 0.25) is 0 Å². The largest absolute Gasteiger partial charge is 0.461 e. The summed E-state index contributed by atoms with van der Waals surface area (Å²) in [6.45, 7) is 2.63. The first-order valence-corrected chi connectivity index (χ1v) is 7.68. The summed E-state index contributed by atoms with van der Waals surface area (Å²) in [7, 11) is 1.55. The van der Waals surface area contributed by atoms with Crippen molar-refractivity contribution in [2.24, 2.45) is 7.05 Å². The first kappa shape index (κ1) is 14.9. The molecule has 0 bridgehead atoms. The van der Waals surface area contributed by atoms with Crippen LogP contribution in [-0.2, 0) is 13.6 Å². The Morgan fingerprint density at radius 2 is 2.23 bits per heavy atom. The van der Waals surface area contributed by atoms with Gasteiger partial charge in [0, 0.05) is 13.6 Å². The molecule has 0 spiro atoms. The summed E-state index contributed by atoms with van der Waals surface area (Å²) in [6.07, 6.45) is 3.12. The normalized spacial score (nSPS) is 11.0. The van der Waals surface area contributed by atoms with Crippen LogP contribution in [0, 0.1) is 0 Å². The predicted molar refractivity (Wildman–Crippen MR) is 82.0 cm³/mol. The van der Waals surface area contributed by atoms with Crippen molar-refractivity contribution < 1.29 is 4.42 Å². The van der Waals surface area contributed by atoms with Crippen molar-refractivity contribution in [2.75, 3.05) is 0 Å². The molecule has 0 saturated carbocycles. The molecule has 0 unspecified atom stereocenters. The summed E-state index contributed by atoms with van der Waals surface area (Å²) in [5, 5.41) is 13.0. The van der Waals surface area contributed by atoms with E-state index in [-0.39, 0.29) is 10.6 Å². The summed E-state index contributed by atoms with van der Waals surface area (Å²) in [4.78, 5) is 12.4. The molecule has 7 nitrogen and oxygen atoms in total. The topological polar surface area (TPSA) is 78.7 Å². The van der Waals surface area contributed by atoms with Crippen LogP contribution in [-0.4, -0.2) is 24.5 Å². The quantitative estimate of drug-likeness (QED) is 0.727. The summed E-state index contributed by atoms with van der Waals surface area (Å²) in [5.41, 5.74) is -0.347. The highest BCUT2D eigenvalue weighted by atomic mass is 35.5. The van der Waals surface area contributed by atoms with Gasteiger partial charge in [-0.25, -0.2) is 4.68 Å². The molecule has 114 valence electrons. The maximum atomic E-state index is 11.8. The van der Waals surface area contributed by atoms with Crippen molar-refractivity contribution in [1.82, 2.24) is 24.5 Å². The van der Waals surface area contributed by atoms with Crippen LogP contribution >= 0.6 is 23.4 Å². The Bertz CT molecular complexity index is 856. The molecule has 0 aliphatic rings. The van der Waals surface area contributed by atoms with E-state index in [1.54, 1.807) is 19.4 Å². The van der Waals surface area contributed by atoms with Crippen molar-refractivity contribution >= 4 is 23.4 Å². The second-order valence-corrected chi connectivity index (χ2v) is 5.77. The van der Waals surface area contributed by atoms with E-state index in [0.29, 0.717) is 28.2 Å². The fourth-order valence-corrected chi connectivity index (χ4v) is 3.07. The Labute approximate surface area is 134 Å². The van der Waals surface area contributed by atoms with E-state index in [2.05, 4.69) is 15.3 Å². The molecule has 0 aliphatic heterocycles. The number of aryl methyl sites for hydroxylation is 1. The third-order valence-electron chi connectivity index (χ3n) is 3.02. The molecule has 0 amide bonds. The minimum atomic E-state index is -0.347. The SMILES string of the molecule is CCn1c(Sc2cnn(C)c(=O)c2Cl)nnc1-c1ccco1. The first-order valence-electron chi connectivity index (χ1n) is 6.48. The van der Waals surface area contributed by atoms with E-state index in [1.807, 2.05) is 17.6 Å². The highest BCUT2D eigenvalue weighted by Gasteiger charge is 2.18. The highest BCUT2D eigenvalue weighted by Crippen LogP contribution is 2.32. The zero-order valence-corrected chi connectivity index (χ0v) is 13.4. The van der Waals surface area contributed by atoms with Crippen LogP contribution in [0.25, 0.3) is 11.6 Å². The molecule has 3 aromatic rings. The van der Waals surface area contributed by atoms with Crippen LogP contribution in [0.3, 0.4) is 0 Å². The van der Waals surface area contributed by atoms with E-state index in [4.69, 9.17) is 16.0 Å². The number of nitrogens with zero attached hydrogens (tertiary/aromatic N) is 5. The molecule has 3 aromatic heterocycles. The summed E-state index contributed by atoms with van der Waals surface area (Å²) in [6, 6.07) is 3.61. The van der Waals surface area contributed by atoms with Gasteiger partial charge >= 0.3 is 0 Å². The summed E-state index contributed by atoms with van der Waals surface area (Å²) < 4.78 is 8.43. The minimum absolute atomic E-state index is 0.118. The van der Waals surface area contributed by atoms with Crippen LogP contribution in [0.4, 0.5) is 0 Å². The smallest absolute Gasteiger partial charge is 0.286 e. The Morgan fingerprint density at radius 3 is 2.91 bits per heavy atom. The van der Waals surface area contributed by atoms with Gasteiger partial charge in [-0.3, -0.25) is 9.36 Å². The summed E-state index contributed by atoms with van der Waals surface area (Å²) in [5.74, 6) is 1.26. The lowest BCUT2D eigenvalue weighted by Gasteiger charge is -2.07. The standard InChI is InChI=1S/C13H12ClN5O2S/c1-3-19-11(8-5-4-6-21-8)16-17-13(19)22-9-7-15-18(2)12(20)10(9)14/h4-7H,3H2,1-2H3. The van der Waals surface area contributed by atoms with E-state index in [0.717, 1.165) is 0 Å². The van der Waals surface area contributed by atoms with Gasteiger partial charge in [-0.2, -0.15) is 5.10 Å². The average Bonchev–Trinajstić information content (AvgIpc) is 3.16. The number of hydrogen-bond acceptors (Lipinski definition) is 6. The van der Waals surface area contributed by atoms with Crippen LogP contribution in [0.5, 0.6) is 0 Å². The first-order chi connectivity index (χ1) is 10.6. The lowest BCUT2D eigenvalue weighted by Crippen LogP contribution is -2.19. The fourth-order valence-electron chi connectivity index (χ4n) is 1.90. The van der Waals surface area contributed by atoms with Gasteiger partial charge in [0.15, 0.2) is 16.7 Å². The molecule has 9 heteroatoms. The Hall–Kier alpha value is -2.06. The van der Waals surface area contributed by atoms with Gasteiger partial charge in [-0.1, -0.05) is 11.6 Å². The highest BCUT2D eigenvalue weighted by molar-refractivity contribution is 7.99. The van der Waals surface area contributed by atoms with Gasteiger partial charge < -0.3 is 4.42 Å². The zero-order chi connectivity index (χ0) is 15.7. The van der Waals surface area contributed by atoms with Gasteiger partial charge in [-0.05, 0) is 30.8 Å². The van der Waals surface area contributed by atoms with Gasteiger partial charge in [-0.15, -0.1) is 10.2 Å². The molecule has 0 aromatic carbocycles. The predicted octanol–water partition coefficient (Wildman–Crippen LogP) is 2.46. The summed E-state index contributed by atoms with van der Waals surface area (Å²) >= 11 is 7.33. The molecule has 0 N–H and O–H groups in total. The van der Waals surface area contributed by atoms with E-state index < -0.39 is 0 Å². The Balaban J connectivity index is 2.00. The van der Waals surface area contributed by atoms with E-state index in [1.165, 1.54) is 22.6 Å². The third kappa shape index (κ3) is 2.55. The zero-order valence-electron chi connectivity index (χ0n) is 11.9. The average molecular weight is 338 g/mol. The molecule has 0 saturated heterocycles. The van der Waals surface area contributed by atoms with Crippen molar-refractivity contribution in [1.29, 1.82) is 0 Å². The van der Waals surface area contributed by atoms with Crippen LogP contribution in [0.1, 0.15) is 6.92 Å². The number of aromatic nitrogens is 5. The molecule has 0 radical (unpaired) electrons. The van der Waals surface area contributed by atoms with Crippen LogP contribution in [0.2, 0.25) is 5.02 Å². The molecule has 0 fully saturated rings. The molecular weight excluding hydrogens is 326 g/mol. The Morgan fingerprint density at radius 1 is 1.41 bits per heavy atom. The van der Waals surface area contributed by atoms with Crippen molar-refractivity contribution in [2.45, 2.75) is 23.5 Å². The molecular formula is C13H12ClN5O2S. The second-order valence-electron chi connectivity index (χ2n) is 4.38. The maximum Gasteiger partial charge on any atom is 0.286 e. The molecule has 22 heavy (non-hydrogen) atoms. The molecule has 3 rings (SSSR count). The number of rotatable bonds is 4. The maximum absolute atomic E-state index is 11.8. The second kappa shape index (κ2) is 5.98. The van der Waals surface area contributed by atoms with Crippen LogP contribution in [0.15, 0.2) is 43.9 Å². The minimum Gasteiger partial charge on any atom is -0.461 e. The molecule has 0 atom stereocenters. The fraction of sp³-hybridized carbons (Fsp3) is 0.231.